The Morgan fingerprint density at radius 3 is 2.40 bits per heavy atom. The Balaban J connectivity index is 2.38. The fraction of sp³-hybridized carbons (Fsp3) is 0.143. The van der Waals surface area contributed by atoms with Gasteiger partial charge in [-0.3, -0.25) is 4.72 Å². The molecule has 0 amide bonds. The second-order valence-corrected chi connectivity index (χ2v) is 7.12. The van der Waals surface area contributed by atoms with Crippen molar-refractivity contribution in [3.05, 3.63) is 52.0 Å². The van der Waals surface area contributed by atoms with E-state index in [1.54, 1.807) is 36.4 Å². The van der Waals surface area contributed by atoms with Crippen LogP contribution in [-0.4, -0.2) is 8.42 Å². The van der Waals surface area contributed by atoms with Crippen molar-refractivity contribution >= 4 is 37.3 Å². The normalized spacial score (nSPS) is 11.3. The minimum Gasteiger partial charge on any atom is -0.398 e. The van der Waals surface area contributed by atoms with Gasteiger partial charge in [-0.25, -0.2) is 8.42 Å². The van der Waals surface area contributed by atoms with Crippen molar-refractivity contribution in [2.24, 2.45) is 0 Å². The second kappa shape index (κ2) is 5.46. The zero-order valence-corrected chi connectivity index (χ0v) is 13.5. The third-order valence-corrected chi connectivity index (χ3v) is 5.27. The fourth-order valence-electron chi connectivity index (χ4n) is 1.74. The Kier molecular flexibility index (Phi) is 4.06. The molecule has 0 aliphatic carbocycles. The quantitative estimate of drug-likeness (QED) is 0.829. The van der Waals surface area contributed by atoms with Crippen LogP contribution >= 0.6 is 15.9 Å². The first-order chi connectivity index (χ1) is 9.29. The summed E-state index contributed by atoms with van der Waals surface area (Å²) in [7, 11) is -3.64. The summed E-state index contributed by atoms with van der Waals surface area (Å²) in [6, 6.07) is 10.2. The number of halogens is 1. The summed E-state index contributed by atoms with van der Waals surface area (Å²) in [5, 5.41) is 0. The molecule has 106 valence electrons. The molecule has 4 nitrogen and oxygen atoms in total. The van der Waals surface area contributed by atoms with Gasteiger partial charge in [0.05, 0.1) is 5.69 Å². The van der Waals surface area contributed by atoms with Gasteiger partial charge in [0, 0.05) is 10.2 Å². The molecule has 0 heterocycles. The molecular formula is C14H15BrN2O2S. The third-order valence-electron chi connectivity index (χ3n) is 2.91. The minimum absolute atomic E-state index is 0.197. The van der Waals surface area contributed by atoms with Gasteiger partial charge >= 0.3 is 0 Å². The second-order valence-electron chi connectivity index (χ2n) is 4.61. The molecule has 0 radical (unpaired) electrons. The number of aryl methyl sites for hydroxylation is 2. The molecule has 6 heteroatoms. The van der Waals surface area contributed by atoms with Gasteiger partial charge in [-0.1, -0.05) is 12.1 Å². The smallest absolute Gasteiger partial charge is 0.263 e. The van der Waals surface area contributed by atoms with Gasteiger partial charge in [-0.05, 0) is 65.2 Å². The molecule has 2 rings (SSSR count). The summed E-state index contributed by atoms with van der Waals surface area (Å²) in [6.07, 6.45) is 0. The summed E-state index contributed by atoms with van der Waals surface area (Å²) < 4.78 is 27.8. The van der Waals surface area contributed by atoms with Crippen LogP contribution in [0.1, 0.15) is 11.1 Å². The molecule has 0 atom stereocenters. The monoisotopic (exact) mass is 354 g/mol. The predicted molar refractivity (Wildman–Crippen MR) is 85.3 cm³/mol. The Bertz CT molecular complexity index is 758. The number of nitrogen functional groups attached to an aromatic ring is 1. The SMILES string of the molecule is Cc1ccc(S(=O)(=O)Nc2ccc(C)c(N)c2)c(Br)c1. The molecule has 2 aromatic rings. The van der Waals surface area contributed by atoms with Crippen LogP contribution < -0.4 is 10.5 Å². The Morgan fingerprint density at radius 1 is 1.10 bits per heavy atom. The van der Waals surface area contributed by atoms with E-state index in [9.17, 15) is 8.42 Å². The molecule has 0 spiro atoms. The standard InChI is InChI=1S/C14H15BrN2O2S/c1-9-3-6-14(12(15)7-9)20(18,19)17-11-5-4-10(2)13(16)8-11/h3-8,17H,16H2,1-2H3. The molecule has 0 fully saturated rings. The average molecular weight is 355 g/mol. The van der Waals surface area contributed by atoms with Crippen LogP contribution in [0.3, 0.4) is 0 Å². The van der Waals surface area contributed by atoms with Gasteiger partial charge < -0.3 is 5.73 Å². The maximum absolute atomic E-state index is 12.3. The number of nitrogens with two attached hydrogens (primary N) is 1. The molecule has 0 saturated carbocycles. The van der Waals surface area contributed by atoms with Crippen LogP contribution in [0.25, 0.3) is 0 Å². The first-order valence-electron chi connectivity index (χ1n) is 5.95. The lowest BCUT2D eigenvalue weighted by molar-refractivity contribution is 0.601. The summed E-state index contributed by atoms with van der Waals surface area (Å²) in [4.78, 5) is 0.197. The van der Waals surface area contributed by atoms with E-state index in [4.69, 9.17) is 5.73 Å². The fourth-order valence-corrected chi connectivity index (χ4v) is 3.98. The van der Waals surface area contributed by atoms with Gasteiger partial charge in [0.1, 0.15) is 4.90 Å². The molecular weight excluding hydrogens is 340 g/mol. The number of benzene rings is 2. The van der Waals surface area contributed by atoms with Crippen LogP contribution in [0.5, 0.6) is 0 Å². The van der Waals surface area contributed by atoms with Gasteiger partial charge in [0.15, 0.2) is 0 Å². The molecule has 20 heavy (non-hydrogen) atoms. The van der Waals surface area contributed by atoms with Crippen LogP contribution in [0, 0.1) is 13.8 Å². The van der Waals surface area contributed by atoms with Gasteiger partial charge in [-0.2, -0.15) is 0 Å². The third kappa shape index (κ3) is 3.13. The largest absolute Gasteiger partial charge is 0.398 e. The van der Waals surface area contributed by atoms with Crippen molar-refractivity contribution in [3.8, 4) is 0 Å². The lowest BCUT2D eigenvalue weighted by Crippen LogP contribution is -2.13. The molecule has 0 saturated heterocycles. The van der Waals surface area contributed by atoms with E-state index >= 15 is 0 Å². The molecule has 0 aliphatic rings. The first-order valence-corrected chi connectivity index (χ1v) is 8.22. The highest BCUT2D eigenvalue weighted by atomic mass is 79.9. The van der Waals surface area contributed by atoms with Crippen LogP contribution in [-0.2, 0) is 10.0 Å². The highest BCUT2D eigenvalue weighted by Crippen LogP contribution is 2.26. The number of anilines is 2. The Labute approximate surface area is 127 Å². The molecule has 0 bridgehead atoms. The first kappa shape index (κ1) is 14.9. The average Bonchev–Trinajstić information content (AvgIpc) is 2.33. The van der Waals surface area contributed by atoms with E-state index in [2.05, 4.69) is 20.7 Å². The summed E-state index contributed by atoms with van der Waals surface area (Å²) in [6.45, 7) is 3.76. The lowest BCUT2D eigenvalue weighted by atomic mass is 10.2. The van der Waals surface area contributed by atoms with Crippen molar-refractivity contribution in [1.82, 2.24) is 0 Å². The number of rotatable bonds is 3. The van der Waals surface area contributed by atoms with E-state index in [-0.39, 0.29) is 4.90 Å². The summed E-state index contributed by atoms with van der Waals surface area (Å²) in [5.74, 6) is 0. The van der Waals surface area contributed by atoms with E-state index in [0.717, 1.165) is 11.1 Å². The minimum atomic E-state index is -3.64. The van der Waals surface area contributed by atoms with Crippen molar-refractivity contribution in [1.29, 1.82) is 0 Å². The number of nitrogens with one attached hydrogen (secondary N) is 1. The van der Waals surface area contributed by atoms with Crippen molar-refractivity contribution < 1.29 is 8.42 Å². The highest BCUT2D eigenvalue weighted by molar-refractivity contribution is 9.10. The van der Waals surface area contributed by atoms with Gasteiger partial charge in [0.2, 0.25) is 0 Å². The maximum Gasteiger partial charge on any atom is 0.263 e. The van der Waals surface area contributed by atoms with E-state index in [1.807, 2.05) is 13.8 Å². The summed E-state index contributed by atoms with van der Waals surface area (Å²) >= 11 is 3.28. The van der Waals surface area contributed by atoms with Crippen LogP contribution in [0.2, 0.25) is 0 Å². The zero-order chi connectivity index (χ0) is 14.9. The van der Waals surface area contributed by atoms with E-state index in [1.165, 1.54) is 0 Å². The van der Waals surface area contributed by atoms with Crippen LogP contribution in [0.15, 0.2) is 45.8 Å². The Morgan fingerprint density at radius 2 is 1.80 bits per heavy atom. The molecule has 3 N–H and O–H groups in total. The van der Waals surface area contributed by atoms with Gasteiger partial charge in [0.25, 0.3) is 10.0 Å². The maximum atomic E-state index is 12.3. The summed E-state index contributed by atoms with van der Waals surface area (Å²) in [5.41, 5.74) is 8.67. The molecule has 0 aromatic heterocycles. The van der Waals surface area contributed by atoms with Crippen LogP contribution in [0.4, 0.5) is 11.4 Å². The van der Waals surface area contributed by atoms with Crippen molar-refractivity contribution in [2.45, 2.75) is 18.7 Å². The lowest BCUT2D eigenvalue weighted by Gasteiger charge is -2.11. The predicted octanol–water partition coefficient (Wildman–Crippen LogP) is 3.45. The van der Waals surface area contributed by atoms with E-state index < -0.39 is 10.0 Å². The van der Waals surface area contributed by atoms with Crippen molar-refractivity contribution in [2.75, 3.05) is 10.5 Å². The van der Waals surface area contributed by atoms with Gasteiger partial charge in [-0.15, -0.1) is 0 Å². The molecule has 0 aliphatic heterocycles. The van der Waals surface area contributed by atoms with Crippen molar-refractivity contribution in [3.63, 3.8) is 0 Å². The zero-order valence-electron chi connectivity index (χ0n) is 11.1. The highest BCUT2D eigenvalue weighted by Gasteiger charge is 2.17. The molecule has 2 aromatic carbocycles. The number of hydrogen-bond acceptors (Lipinski definition) is 3. The number of sulfonamides is 1. The number of hydrogen-bond donors (Lipinski definition) is 2. The topological polar surface area (TPSA) is 72.2 Å². The Hall–Kier alpha value is -1.53. The van der Waals surface area contributed by atoms with E-state index in [0.29, 0.717) is 15.8 Å². The molecule has 0 unspecified atom stereocenters.